The van der Waals surface area contributed by atoms with Crippen LogP contribution < -0.4 is 0 Å². The molecule has 0 aromatic heterocycles. The molecular weight excluding hydrogens is 220 g/mol. The van der Waals surface area contributed by atoms with E-state index >= 15 is 0 Å². The first-order valence-corrected chi connectivity index (χ1v) is 6.03. The smallest absolute Gasteiger partial charge is 0.176 e. The Morgan fingerprint density at radius 2 is 1.12 bits per heavy atom. The predicted octanol–water partition coefficient (Wildman–Crippen LogP) is 1.73. The maximum absolute atomic E-state index is 5.49. The van der Waals surface area contributed by atoms with Gasteiger partial charge in [-0.05, 0) is 18.6 Å². The predicted molar refractivity (Wildman–Crippen MR) is 63.4 cm³/mol. The Kier molecular flexibility index (Phi) is 4.74. The third kappa shape index (κ3) is 3.64. The van der Waals surface area contributed by atoms with Crippen molar-refractivity contribution in [2.45, 2.75) is 19.0 Å². The number of rotatable bonds is 4. The lowest BCUT2D eigenvalue weighted by molar-refractivity contribution is -0.197. The summed E-state index contributed by atoms with van der Waals surface area (Å²) in [5.74, 6) is 0.840. The van der Waals surface area contributed by atoms with Crippen LogP contribution >= 0.6 is 0 Å². The van der Waals surface area contributed by atoms with Crippen LogP contribution in [-0.4, -0.2) is 39.0 Å². The summed E-state index contributed by atoms with van der Waals surface area (Å²) in [5, 5.41) is 0. The maximum atomic E-state index is 5.49. The number of hydrogen-bond donors (Lipinski definition) is 0. The molecule has 2 aliphatic rings. The summed E-state index contributed by atoms with van der Waals surface area (Å²) < 4.78 is 21.9. The molecule has 96 valence electrons. The molecule has 0 spiro atoms. The fourth-order valence-electron chi connectivity index (χ4n) is 2.13. The highest BCUT2D eigenvalue weighted by atomic mass is 16.7. The second-order valence-electron chi connectivity index (χ2n) is 4.51. The fraction of sp³-hybridized carbons (Fsp3) is 0.692. The van der Waals surface area contributed by atoms with Gasteiger partial charge >= 0.3 is 0 Å². The van der Waals surface area contributed by atoms with Crippen LogP contribution in [0.3, 0.4) is 0 Å². The average molecular weight is 240 g/mol. The largest absolute Gasteiger partial charge is 0.349 e. The molecule has 4 nitrogen and oxygen atoms in total. The van der Waals surface area contributed by atoms with Crippen LogP contribution in [0.4, 0.5) is 0 Å². The number of ether oxygens (including phenoxy) is 4. The van der Waals surface area contributed by atoms with Gasteiger partial charge in [-0.3, -0.25) is 0 Å². The van der Waals surface area contributed by atoms with E-state index in [1.165, 1.54) is 0 Å². The van der Waals surface area contributed by atoms with Gasteiger partial charge in [-0.2, -0.15) is 0 Å². The number of hydrogen-bond acceptors (Lipinski definition) is 4. The maximum Gasteiger partial charge on any atom is 0.176 e. The molecular formula is C13H20O4. The monoisotopic (exact) mass is 240 g/mol. The van der Waals surface area contributed by atoms with E-state index in [2.05, 4.69) is 13.2 Å². The van der Waals surface area contributed by atoms with Gasteiger partial charge in [-0.25, -0.2) is 0 Å². The zero-order valence-corrected chi connectivity index (χ0v) is 10.0. The van der Waals surface area contributed by atoms with Crippen LogP contribution in [0, 0.1) is 11.8 Å². The second-order valence-corrected chi connectivity index (χ2v) is 4.51. The summed E-state index contributed by atoms with van der Waals surface area (Å²) in [6.45, 7) is 10.2. The summed E-state index contributed by atoms with van der Waals surface area (Å²) in [7, 11) is 0. The van der Waals surface area contributed by atoms with Gasteiger partial charge in [0.15, 0.2) is 12.6 Å². The topological polar surface area (TPSA) is 36.9 Å². The average Bonchev–Trinajstić information content (AvgIpc) is 2.40. The van der Waals surface area contributed by atoms with Crippen LogP contribution in [0.2, 0.25) is 0 Å². The Morgan fingerprint density at radius 1 is 0.765 bits per heavy atom. The molecule has 0 bridgehead atoms. The van der Waals surface area contributed by atoms with Crippen molar-refractivity contribution in [3.05, 3.63) is 25.3 Å². The Balaban J connectivity index is 1.68. The third-order valence-corrected chi connectivity index (χ3v) is 3.04. The minimum absolute atomic E-state index is 0.241. The van der Waals surface area contributed by atoms with E-state index in [-0.39, 0.29) is 12.6 Å². The zero-order chi connectivity index (χ0) is 12.1. The molecule has 0 radical (unpaired) electrons. The molecule has 0 saturated carbocycles. The molecule has 2 fully saturated rings. The summed E-state index contributed by atoms with van der Waals surface area (Å²) in [6, 6.07) is 0. The first-order valence-electron chi connectivity index (χ1n) is 6.03. The van der Waals surface area contributed by atoms with Crippen molar-refractivity contribution < 1.29 is 18.9 Å². The van der Waals surface area contributed by atoms with Crippen LogP contribution in [0.25, 0.3) is 0 Å². The molecule has 0 aliphatic carbocycles. The highest BCUT2D eigenvalue weighted by Crippen LogP contribution is 2.23. The van der Waals surface area contributed by atoms with E-state index < -0.39 is 0 Å². The van der Waals surface area contributed by atoms with E-state index in [1.54, 1.807) is 12.2 Å². The van der Waals surface area contributed by atoms with Gasteiger partial charge in [0.2, 0.25) is 0 Å². The van der Waals surface area contributed by atoms with Gasteiger partial charge in [0.05, 0.1) is 26.4 Å². The molecule has 2 saturated heterocycles. The van der Waals surface area contributed by atoms with E-state index in [0.29, 0.717) is 11.8 Å². The van der Waals surface area contributed by atoms with Crippen LogP contribution in [-0.2, 0) is 18.9 Å². The van der Waals surface area contributed by atoms with E-state index in [1.807, 2.05) is 0 Å². The Labute approximate surface area is 102 Å². The molecule has 2 aliphatic heterocycles. The quantitative estimate of drug-likeness (QED) is 0.701. The minimum atomic E-state index is -0.241. The standard InChI is InChI=1S/C13H20O4/c1-3-12-14-6-10(7-15-12)5-11-8-16-13(4-2)17-9-11/h3-4,10-13H,1-2,5-9H2. The van der Waals surface area contributed by atoms with Crippen molar-refractivity contribution in [2.75, 3.05) is 26.4 Å². The summed E-state index contributed by atoms with van der Waals surface area (Å²) in [5.41, 5.74) is 0. The fourth-order valence-corrected chi connectivity index (χ4v) is 2.13. The lowest BCUT2D eigenvalue weighted by Crippen LogP contribution is -2.36. The third-order valence-electron chi connectivity index (χ3n) is 3.04. The Hall–Kier alpha value is -0.680. The molecule has 0 atom stereocenters. The van der Waals surface area contributed by atoms with Crippen molar-refractivity contribution in [3.8, 4) is 0 Å². The molecule has 17 heavy (non-hydrogen) atoms. The summed E-state index contributed by atoms with van der Waals surface area (Å²) in [4.78, 5) is 0. The normalized spacial score (nSPS) is 38.6. The van der Waals surface area contributed by atoms with E-state index in [9.17, 15) is 0 Å². The second kappa shape index (κ2) is 6.31. The van der Waals surface area contributed by atoms with Gasteiger partial charge in [0.25, 0.3) is 0 Å². The molecule has 0 N–H and O–H groups in total. The highest BCUT2D eigenvalue weighted by molar-refractivity contribution is 4.79. The molecule has 0 unspecified atom stereocenters. The lowest BCUT2D eigenvalue weighted by atomic mass is 9.96. The molecule has 0 amide bonds. The zero-order valence-electron chi connectivity index (χ0n) is 10.0. The van der Waals surface area contributed by atoms with Crippen molar-refractivity contribution in [3.63, 3.8) is 0 Å². The van der Waals surface area contributed by atoms with Gasteiger partial charge in [0, 0.05) is 11.8 Å². The van der Waals surface area contributed by atoms with Gasteiger partial charge in [0.1, 0.15) is 0 Å². The van der Waals surface area contributed by atoms with Crippen molar-refractivity contribution >= 4 is 0 Å². The van der Waals surface area contributed by atoms with Gasteiger partial charge in [-0.15, -0.1) is 0 Å². The first kappa shape index (κ1) is 12.8. The van der Waals surface area contributed by atoms with Gasteiger partial charge < -0.3 is 18.9 Å². The van der Waals surface area contributed by atoms with Crippen molar-refractivity contribution in [2.24, 2.45) is 11.8 Å². The van der Waals surface area contributed by atoms with Crippen LogP contribution in [0.15, 0.2) is 25.3 Å². The van der Waals surface area contributed by atoms with Crippen LogP contribution in [0.5, 0.6) is 0 Å². The van der Waals surface area contributed by atoms with E-state index in [4.69, 9.17) is 18.9 Å². The Bertz CT molecular complexity index is 224. The van der Waals surface area contributed by atoms with E-state index in [0.717, 1.165) is 32.8 Å². The van der Waals surface area contributed by atoms with Crippen molar-refractivity contribution in [1.29, 1.82) is 0 Å². The van der Waals surface area contributed by atoms with Crippen molar-refractivity contribution in [1.82, 2.24) is 0 Å². The van der Waals surface area contributed by atoms with Gasteiger partial charge in [-0.1, -0.05) is 13.2 Å². The SMILES string of the molecule is C=CC1OCC(CC2COC(C=C)OC2)CO1. The Morgan fingerprint density at radius 3 is 1.41 bits per heavy atom. The minimum Gasteiger partial charge on any atom is -0.349 e. The summed E-state index contributed by atoms with van der Waals surface area (Å²) in [6.07, 6.45) is 3.88. The summed E-state index contributed by atoms with van der Waals surface area (Å²) >= 11 is 0. The molecule has 2 heterocycles. The lowest BCUT2D eigenvalue weighted by Gasteiger charge is -2.33. The highest BCUT2D eigenvalue weighted by Gasteiger charge is 2.26. The van der Waals surface area contributed by atoms with Crippen LogP contribution in [0.1, 0.15) is 6.42 Å². The molecule has 0 aromatic carbocycles. The molecule has 2 rings (SSSR count). The molecule has 0 aromatic rings. The molecule has 4 heteroatoms. The first-order chi connectivity index (χ1) is 8.31.